The number of rotatable bonds is 4. The quantitative estimate of drug-likeness (QED) is 0.667. The Kier molecular flexibility index (Phi) is 4.53. The third kappa shape index (κ3) is 3.46. The van der Waals surface area contributed by atoms with Crippen molar-refractivity contribution in [1.82, 2.24) is 0 Å². The fourth-order valence-electron chi connectivity index (χ4n) is 2.53. The number of hydrogen-bond donors (Lipinski definition) is 1. The first-order chi connectivity index (χ1) is 12.3. The predicted octanol–water partition coefficient (Wildman–Crippen LogP) is 2.41. The molecule has 134 valence electrons. The molecule has 0 aliphatic carbocycles. The molecular formula is C17H14FN3O5. The Balaban J connectivity index is 1.83. The second kappa shape index (κ2) is 6.79. The Morgan fingerprint density at radius 2 is 2.12 bits per heavy atom. The third-order valence-corrected chi connectivity index (χ3v) is 3.80. The summed E-state index contributed by atoms with van der Waals surface area (Å²) in [4.78, 5) is 35.8. The number of nitrogens with zero attached hydrogens (tertiary/aromatic N) is 2. The zero-order chi connectivity index (χ0) is 18.8. The molecule has 9 heteroatoms. The molecule has 1 heterocycles. The average molecular weight is 359 g/mol. The fraction of sp³-hybridized carbons (Fsp3) is 0.176. The van der Waals surface area contributed by atoms with Gasteiger partial charge in [0.05, 0.1) is 16.3 Å². The highest BCUT2D eigenvalue weighted by Gasteiger charge is 2.29. The molecule has 0 saturated carbocycles. The normalized spacial score (nSPS) is 13.0. The Bertz CT molecular complexity index is 915. The van der Waals surface area contributed by atoms with Crippen LogP contribution in [0, 0.1) is 22.9 Å². The van der Waals surface area contributed by atoms with Crippen LogP contribution < -0.4 is 15.0 Å². The van der Waals surface area contributed by atoms with Gasteiger partial charge in [0, 0.05) is 12.1 Å². The predicted molar refractivity (Wildman–Crippen MR) is 90.7 cm³/mol. The van der Waals surface area contributed by atoms with Gasteiger partial charge in [-0.25, -0.2) is 4.39 Å². The Hall–Kier alpha value is -3.49. The van der Waals surface area contributed by atoms with Crippen molar-refractivity contribution in [2.24, 2.45) is 0 Å². The SMILES string of the molecule is Cc1ccc(NC(=O)CN2C(=O)COc3ccc([N+](=O)[O-])cc32)c(F)c1. The standard InChI is InChI=1S/C17H14FN3O5/c1-10-2-4-13(12(18)6-10)19-16(22)8-20-14-7-11(21(24)25)3-5-15(14)26-9-17(20)23/h2-7H,8-9H2,1H3,(H,19,22). The lowest BCUT2D eigenvalue weighted by Gasteiger charge is -2.28. The molecule has 0 unspecified atom stereocenters. The molecule has 0 atom stereocenters. The van der Waals surface area contributed by atoms with Crippen LogP contribution in [-0.4, -0.2) is 29.9 Å². The van der Waals surface area contributed by atoms with Crippen molar-refractivity contribution in [3.8, 4) is 5.75 Å². The molecule has 8 nitrogen and oxygen atoms in total. The lowest BCUT2D eigenvalue weighted by molar-refractivity contribution is -0.384. The number of amides is 2. The number of carbonyl (C=O) groups is 2. The summed E-state index contributed by atoms with van der Waals surface area (Å²) in [7, 11) is 0. The highest BCUT2D eigenvalue weighted by Crippen LogP contribution is 2.35. The number of carbonyl (C=O) groups excluding carboxylic acids is 2. The number of halogens is 1. The van der Waals surface area contributed by atoms with Crippen LogP contribution in [0.2, 0.25) is 0 Å². The van der Waals surface area contributed by atoms with E-state index < -0.39 is 29.1 Å². The van der Waals surface area contributed by atoms with Gasteiger partial charge < -0.3 is 10.1 Å². The Morgan fingerprint density at radius 3 is 2.81 bits per heavy atom. The summed E-state index contributed by atoms with van der Waals surface area (Å²) in [5.74, 6) is -1.51. The van der Waals surface area contributed by atoms with E-state index in [-0.39, 0.29) is 29.4 Å². The van der Waals surface area contributed by atoms with E-state index in [0.717, 1.165) is 11.0 Å². The number of ether oxygens (including phenoxy) is 1. The molecule has 1 N–H and O–H groups in total. The maximum atomic E-state index is 13.9. The van der Waals surface area contributed by atoms with Crippen LogP contribution >= 0.6 is 0 Å². The van der Waals surface area contributed by atoms with E-state index in [1.54, 1.807) is 13.0 Å². The maximum Gasteiger partial charge on any atom is 0.271 e. The number of benzene rings is 2. The van der Waals surface area contributed by atoms with Crippen molar-refractivity contribution in [3.05, 3.63) is 57.9 Å². The van der Waals surface area contributed by atoms with Gasteiger partial charge in [-0.2, -0.15) is 0 Å². The highest BCUT2D eigenvalue weighted by atomic mass is 19.1. The molecule has 2 aromatic rings. The van der Waals surface area contributed by atoms with Gasteiger partial charge in [-0.15, -0.1) is 0 Å². The van der Waals surface area contributed by atoms with Crippen molar-refractivity contribution >= 4 is 28.9 Å². The van der Waals surface area contributed by atoms with Gasteiger partial charge in [-0.1, -0.05) is 6.07 Å². The number of nitro groups is 1. The van der Waals surface area contributed by atoms with E-state index in [1.807, 2.05) is 0 Å². The Morgan fingerprint density at radius 1 is 1.35 bits per heavy atom. The van der Waals surface area contributed by atoms with Gasteiger partial charge in [0.2, 0.25) is 5.91 Å². The van der Waals surface area contributed by atoms with Crippen molar-refractivity contribution in [2.45, 2.75) is 6.92 Å². The third-order valence-electron chi connectivity index (χ3n) is 3.80. The lowest BCUT2D eigenvalue weighted by atomic mass is 10.2. The number of hydrogen-bond acceptors (Lipinski definition) is 5. The first-order valence-corrected chi connectivity index (χ1v) is 7.63. The van der Waals surface area contributed by atoms with Gasteiger partial charge in [0.1, 0.15) is 18.1 Å². The first-order valence-electron chi connectivity index (χ1n) is 7.63. The van der Waals surface area contributed by atoms with Gasteiger partial charge >= 0.3 is 0 Å². The highest BCUT2D eigenvalue weighted by molar-refractivity contribution is 6.05. The second-order valence-electron chi connectivity index (χ2n) is 5.71. The number of non-ortho nitro benzene ring substituents is 1. The molecule has 0 spiro atoms. The summed E-state index contributed by atoms with van der Waals surface area (Å²) in [6.45, 7) is 0.992. The van der Waals surface area contributed by atoms with E-state index in [1.165, 1.54) is 24.3 Å². The smallest absolute Gasteiger partial charge is 0.271 e. The summed E-state index contributed by atoms with van der Waals surface area (Å²) < 4.78 is 19.1. The number of aryl methyl sites for hydroxylation is 1. The first kappa shape index (κ1) is 17.3. The second-order valence-corrected chi connectivity index (χ2v) is 5.71. The van der Waals surface area contributed by atoms with Crippen LogP contribution in [0.3, 0.4) is 0 Å². The van der Waals surface area contributed by atoms with Crippen molar-refractivity contribution < 1.29 is 23.6 Å². The van der Waals surface area contributed by atoms with Crippen molar-refractivity contribution in [3.63, 3.8) is 0 Å². The largest absolute Gasteiger partial charge is 0.482 e. The molecule has 3 rings (SSSR count). The summed E-state index contributed by atoms with van der Waals surface area (Å²) in [6.07, 6.45) is 0. The molecule has 0 bridgehead atoms. The van der Waals surface area contributed by atoms with Crippen LogP contribution in [0.5, 0.6) is 5.75 Å². The topological polar surface area (TPSA) is 102 Å². The van der Waals surface area contributed by atoms with E-state index in [2.05, 4.69) is 5.32 Å². The van der Waals surface area contributed by atoms with Gasteiger partial charge in [0.25, 0.3) is 11.6 Å². The summed E-state index contributed by atoms with van der Waals surface area (Å²) in [6, 6.07) is 8.10. The maximum absolute atomic E-state index is 13.9. The van der Waals surface area contributed by atoms with Crippen LogP contribution in [0.4, 0.5) is 21.5 Å². The average Bonchev–Trinajstić information content (AvgIpc) is 2.59. The molecule has 1 aliphatic rings. The van der Waals surface area contributed by atoms with Gasteiger partial charge in [0.15, 0.2) is 6.61 Å². The molecule has 2 amide bonds. The van der Waals surface area contributed by atoms with Crippen LogP contribution in [-0.2, 0) is 9.59 Å². The summed E-state index contributed by atoms with van der Waals surface area (Å²) >= 11 is 0. The minimum Gasteiger partial charge on any atom is -0.482 e. The van der Waals surface area contributed by atoms with Crippen molar-refractivity contribution in [2.75, 3.05) is 23.4 Å². The summed E-state index contributed by atoms with van der Waals surface area (Å²) in [5.41, 5.74) is 0.567. The van der Waals surface area contributed by atoms with E-state index >= 15 is 0 Å². The van der Waals surface area contributed by atoms with E-state index in [0.29, 0.717) is 5.56 Å². The number of anilines is 2. The van der Waals surface area contributed by atoms with Gasteiger partial charge in [-0.05, 0) is 30.7 Å². The minimum atomic E-state index is -0.638. The minimum absolute atomic E-state index is 0.0134. The molecule has 0 aromatic heterocycles. The molecule has 26 heavy (non-hydrogen) atoms. The van der Waals surface area contributed by atoms with Crippen molar-refractivity contribution in [1.29, 1.82) is 0 Å². The zero-order valence-electron chi connectivity index (χ0n) is 13.7. The van der Waals surface area contributed by atoms with Crippen LogP contribution in [0.15, 0.2) is 36.4 Å². The Labute approximate surface area is 147 Å². The van der Waals surface area contributed by atoms with E-state index in [9.17, 15) is 24.1 Å². The molecule has 0 radical (unpaired) electrons. The molecule has 1 aliphatic heterocycles. The molecular weight excluding hydrogens is 345 g/mol. The van der Waals surface area contributed by atoms with Crippen LogP contribution in [0.1, 0.15) is 5.56 Å². The summed E-state index contributed by atoms with van der Waals surface area (Å²) in [5, 5.41) is 13.3. The van der Waals surface area contributed by atoms with Gasteiger partial charge in [-0.3, -0.25) is 24.6 Å². The fourth-order valence-corrected chi connectivity index (χ4v) is 2.53. The van der Waals surface area contributed by atoms with Crippen LogP contribution in [0.25, 0.3) is 0 Å². The number of fused-ring (bicyclic) bond motifs is 1. The number of nitrogens with one attached hydrogen (secondary N) is 1. The molecule has 0 saturated heterocycles. The van der Waals surface area contributed by atoms with E-state index in [4.69, 9.17) is 4.74 Å². The molecule has 0 fully saturated rings. The lowest BCUT2D eigenvalue weighted by Crippen LogP contribution is -2.43. The number of nitro benzene ring substituents is 1. The zero-order valence-corrected chi connectivity index (χ0v) is 13.7. The molecule has 2 aromatic carbocycles. The monoisotopic (exact) mass is 359 g/mol.